The lowest BCUT2D eigenvalue weighted by Crippen LogP contribution is -2.49. The van der Waals surface area contributed by atoms with Gasteiger partial charge in [-0.25, -0.2) is 8.42 Å². The van der Waals surface area contributed by atoms with Crippen LogP contribution in [0.25, 0.3) is 0 Å². The third-order valence-electron chi connectivity index (χ3n) is 4.08. The quantitative estimate of drug-likeness (QED) is 0.709. The topological polar surface area (TPSA) is 62.7 Å². The first-order valence-corrected chi connectivity index (χ1v) is 10.3. The smallest absolute Gasteiger partial charge is 0.244 e. The number of halogens is 1. The van der Waals surface area contributed by atoms with Crippen molar-refractivity contribution < 1.29 is 13.2 Å². The standard InChI is InChI=1S/C17H20BrN3O3S/c18-15-3-1-4-16(13-15)24-12-11-20-7-9-21(10-8-20)25(22,23)17-5-2-6-19-14-17/h1-6,13-14H,7-12H2. The predicted molar refractivity (Wildman–Crippen MR) is 99.1 cm³/mol. The minimum atomic E-state index is -3.45. The van der Waals surface area contributed by atoms with Gasteiger partial charge in [-0.05, 0) is 30.3 Å². The number of piperazine rings is 1. The molecule has 0 radical (unpaired) electrons. The van der Waals surface area contributed by atoms with Crippen molar-refractivity contribution in [2.45, 2.75) is 4.90 Å². The van der Waals surface area contributed by atoms with E-state index in [0.717, 1.165) is 16.8 Å². The number of aromatic nitrogens is 1. The van der Waals surface area contributed by atoms with Gasteiger partial charge in [-0.15, -0.1) is 0 Å². The van der Waals surface area contributed by atoms with E-state index >= 15 is 0 Å². The largest absolute Gasteiger partial charge is 0.492 e. The summed E-state index contributed by atoms with van der Waals surface area (Å²) in [5.41, 5.74) is 0. The van der Waals surface area contributed by atoms with Gasteiger partial charge in [0.2, 0.25) is 10.0 Å². The molecular formula is C17H20BrN3O3S. The number of nitrogens with zero attached hydrogens (tertiary/aromatic N) is 3. The van der Waals surface area contributed by atoms with Crippen molar-refractivity contribution in [3.05, 3.63) is 53.3 Å². The van der Waals surface area contributed by atoms with E-state index in [1.807, 2.05) is 24.3 Å². The molecule has 1 aromatic carbocycles. The van der Waals surface area contributed by atoms with E-state index in [1.54, 1.807) is 18.3 Å². The number of benzene rings is 1. The van der Waals surface area contributed by atoms with Crippen LogP contribution in [0.3, 0.4) is 0 Å². The lowest BCUT2D eigenvalue weighted by molar-refractivity contribution is 0.159. The Labute approximate surface area is 156 Å². The summed E-state index contributed by atoms with van der Waals surface area (Å²) in [5, 5.41) is 0. The van der Waals surface area contributed by atoms with E-state index in [9.17, 15) is 8.42 Å². The fraction of sp³-hybridized carbons (Fsp3) is 0.353. The molecule has 1 aromatic heterocycles. The Morgan fingerprint density at radius 1 is 1.12 bits per heavy atom. The van der Waals surface area contributed by atoms with Gasteiger partial charge in [0.1, 0.15) is 17.3 Å². The highest BCUT2D eigenvalue weighted by Crippen LogP contribution is 2.18. The Bertz CT molecular complexity index is 794. The van der Waals surface area contributed by atoms with E-state index in [1.165, 1.54) is 10.5 Å². The maximum Gasteiger partial charge on any atom is 0.244 e. The molecule has 1 aliphatic heterocycles. The first-order chi connectivity index (χ1) is 12.1. The highest BCUT2D eigenvalue weighted by Gasteiger charge is 2.28. The number of hydrogen-bond donors (Lipinski definition) is 0. The van der Waals surface area contributed by atoms with Crippen molar-refractivity contribution in [3.63, 3.8) is 0 Å². The Balaban J connectivity index is 1.47. The molecule has 3 rings (SSSR count). The Hall–Kier alpha value is -1.48. The number of ether oxygens (including phenoxy) is 1. The highest BCUT2D eigenvalue weighted by molar-refractivity contribution is 9.10. The minimum Gasteiger partial charge on any atom is -0.492 e. The number of rotatable bonds is 6. The van der Waals surface area contributed by atoms with Crippen LogP contribution < -0.4 is 4.74 Å². The SMILES string of the molecule is O=S(=O)(c1cccnc1)N1CCN(CCOc2cccc(Br)c2)CC1. The van der Waals surface area contributed by atoms with Crippen LogP contribution in [-0.4, -0.2) is 61.9 Å². The second-order valence-corrected chi connectivity index (χ2v) is 8.59. The van der Waals surface area contributed by atoms with E-state index < -0.39 is 10.0 Å². The summed E-state index contributed by atoms with van der Waals surface area (Å²) in [6.45, 7) is 3.70. The van der Waals surface area contributed by atoms with Crippen LogP contribution in [0.2, 0.25) is 0 Å². The Kier molecular flexibility index (Phi) is 6.06. The third kappa shape index (κ3) is 4.78. The molecule has 6 nitrogen and oxygen atoms in total. The summed E-state index contributed by atoms with van der Waals surface area (Å²) in [6, 6.07) is 11.0. The molecule has 1 saturated heterocycles. The van der Waals surface area contributed by atoms with Gasteiger partial charge in [-0.2, -0.15) is 4.31 Å². The molecule has 1 fully saturated rings. The lowest BCUT2D eigenvalue weighted by atomic mass is 10.3. The zero-order chi connectivity index (χ0) is 17.7. The van der Waals surface area contributed by atoms with Gasteiger partial charge in [-0.1, -0.05) is 22.0 Å². The average molecular weight is 426 g/mol. The van der Waals surface area contributed by atoms with Gasteiger partial charge in [0.25, 0.3) is 0 Å². The fourth-order valence-electron chi connectivity index (χ4n) is 2.69. The Morgan fingerprint density at radius 2 is 1.92 bits per heavy atom. The maximum absolute atomic E-state index is 12.6. The molecule has 0 aliphatic carbocycles. The van der Waals surface area contributed by atoms with Crippen LogP contribution in [0.1, 0.15) is 0 Å². The van der Waals surface area contributed by atoms with Gasteiger partial charge in [-0.3, -0.25) is 9.88 Å². The van der Waals surface area contributed by atoms with Crippen LogP contribution in [0.15, 0.2) is 58.2 Å². The average Bonchev–Trinajstić information content (AvgIpc) is 2.63. The van der Waals surface area contributed by atoms with Crippen molar-refractivity contribution in [1.82, 2.24) is 14.2 Å². The highest BCUT2D eigenvalue weighted by atomic mass is 79.9. The number of sulfonamides is 1. The summed E-state index contributed by atoms with van der Waals surface area (Å²) in [4.78, 5) is 6.37. The van der Waals surface area contributed by atoms with Gasteiger partial charge < -0.3 is 4.74 Å². The van der Waals surface area contributed by atoms with E-state index in [-0.39, 0.29) is 4.90 Å². The summed E-state index contributed by atoms with van der Waals surface area (Å²) in [6.07, 6.45) is 2.97. The van der Waals surface area contributed by atoms with Crippen molar-refractivity contribution in [2.24, 2.45) is 0 Å². The van der Waals surface area contributed by atoms with Crippen LogP contribution >= 0.6 is 15.9 Å². The summed E-state index contributed by atoms with van der Waals surface area (Å²) >= 11 is 3.42. The zero-order valence-corrected chi connectivity index (χ0v) is 16.1. The summed E-state index contributed by atoms with van der Waals surface area (Å²) < 4.78 is 33.4. The van der Waals surface area contributed by atoms with Crippen molar-refractivity contribution >= 4 is 26.0 Å². The first kappa shape index (κ1) is 18.3. The fourth-order valence-corrected chi connectivity index (χ4v) is 4.46. The molecular weight excluding hydrogens is 406 g/mol. The van der Waals surface area contributed by atoms with Crippen LogP contribution in [-0.2, 0) is 10.0 Å². The Morgan fingerprint density at radius 3 is 2.60 bits per heavy atom. The molecule has 0 unspecified atom stereocenters. The molecule has 1 aliphatic rings. The molecule has 0 atom stereocenters. The molecule has 0 amide bonds. The molecule has 2 aromatic rings. The molecule has 8 heteroatoms. The van der Waals surface area contributed by atoms with Crippen molar-refractivity contribution in [2.75, 3.05) is 39.3 Å². The molecule has 2 heterocycles. The van der Waals surface area contributed by atoms with Gasteiger partial charge in [0.15, 0.2) is 0 Å². The van der Waals surface area contributed by atoms with E-state index in [2.05, 4.69) is 25.8 Å². The molecule has 25 heavy (non-hydrogen) atoms. The van der Waals surface area contributed by atoms with Crippen LogP contribution in [0.5, 0.6) is 5.75 Å². The molecule has 134 valence electrons. The minimum absolute atomic E-state index is 0.251. The summed E-state index contributed by atoms with van der Waals surface area (Å²) in [5.74, 6) is 0.826. The predicted octanol–water partition coefficient (Wildman–Crippen LogP) is 2.23. The molecule has 0 spiro atoms. The number of pyridine rings is 1. The van der Waals surface area contributed by atoms with Gasteiger partial charge >= 0.3 is 0 Å². The first-order valence-electron chi connectivity index (χ1n) is 8.06. The van der Waals surface area contributed by atoms with Crippen LogP contribution in [0, 0.1) is 0 Å². The monoisotopic (exact) mass is 425 g/mol. The molecule has 0 N–H and O–H groups in total. The number of hydrogen-bond acceptors (Lipinski definition) is 5. The summed E-state index contributed by atoms with van der Waals surface area (Å²) in [7, 11) is -3.45. The maximum atomic E-state index is 12.6. The van der Waals surface area contributed by atoms with Gasteiger partial charge in [0, 0.05) is 49.6 Å². The van der Waals surface area contributed by atoms with E-state index in [0.29, 0.717) is 32.8 Å². The molecule has 0 saturated carbocycles. The third-order valence-corrected chi connectivity index (χ3v) is 6.45. The normalized spacial score (nSPS) is 16.7. The van der Waals surface area contributed by atoms with Crippen molar-refractivity contribution in [1.29, 1.82) is 0 Å². The van der Waals surface area contributed by atoms with Gasteiger partial charge in [0.05, 0.1) is 0 Å². The van der Waals surface area contributed by atoms with E-state index in [4.69, 9.17) is 4.74 Å². The molecule has 0 bridgehead atoms. The zero-order valence-electron chi connectivity index (χ0n) is 13.7. The second-order valence-electron chi connectivity index (χ2n) is 5.74. The lowest BCUT2D eigenvalue weighted by Gasteiger charge is -2.33. The van der Waals surface area contributed by atoms with Crippen LogP contribution in [0.4, 0.5) is 0 Å². The van der Waals surface area contributed by atoms with Crippen molar-refractivity contribution in [3.8, 4) is 5.75 Å². The second kappa shape index (κ2) is 8.27.